The SMILES string of the molecule is CCCC(C)N1CCC(=NO)C(C)C1. The van der Waals surface area contributed by atoms with E-state index in [0.717, 1.165) is 25.2 Å². The third-order valence-corrected chi connectivity index (χ3v) is 3.19. The molecule has 0 amide bonds. The van der Waals surface area contributed by atoms with Gasteiger partial charge in [-0.1, -0.05) is 25.4 Å². The molecule has 0 aromatic carbocycles. The first-order chi connectivity index (χ1) is 6.69. The first-order valence-electron chi connectivity index (χ1n) is 5.63. The maximum absolute atomic E-state index is 8.76. The number of nitrogens with zero attached hydrogens (tertiary/aromatic N) is 2. The standard InChI is InChI=1S/C11H22N2O/c1-4-5-10(3)13-7-6-11(12-14)9(2)8-13/h9-10,14H,4-8H2,1-3H3. The van der Waals surface area contributed by atoms with Crippen LogP contribution in [0.1, 0.15) is 40.0 Å². The number of hydrogen-bond donors (Lipinski definition) is 1. The summed E-state index contributed by atoms with van der Waals surface area (Å²) in [5.74, 6) is 0.410. The minimum Gasteiger partial charge on any atom is -0.411 e. The van der Waals surface area contributed by atoms with Gasteiger partial charge >= 0.3 is 0 Å². The van der Waals surface area contributed by atoms with Crippen LogP contribution in [0.15, 0.2) is 5.16 Å². The molecule has 1 rings (SSSR count). The Morgan fingerprint density at radius 3 is 2.86 bits per heavy atom. The lowest BCUT2D eigenvalue weighted by Crippen LogP contribution is -2.44. The molecule has 1 heterocycles. The van der Waals surface area contributed by atoms with Crippen LogP contribution in [0.2, 0.25) is 0 Å². The lowest BCUT2D eigenvalue weighted by molar-refractivity contribution is 0.174. The molecular weight excluding hydrogens is 176 g/mol. The van der Waals surface area contributed by atoms with E-state index in [4.69, 9.17) is 5.21 Å². The first-order valence-corrected chi connectivity index (χ1v) is 5.63. The summed E-state index contributed by atoms with van der Waals surface area (Å²) in [4.78, 5) is 2.50. The molecule has 1 fully saturated rings. The van der Waals surface area contributed by atoms with Gasteiger partial charge in [0.2, 0.25) is 0 Å². The number of likely N-dealkylation sites (tertiary alicyclic amines) is 1. The molecule has 3 nitrogen and oxygen atoms in total. The van der Waals surface area contributed by atoms with Crippen LogP contribution >= 0.6 is 0 Å². The second-order valence-electron chi connectivity index (χ2n) is 4.38. The molecule has 0 bridgehead atoms. The van der Waals surface area contributed by atoms with E-state index in [0.29, 0.717) is 12.0 Å². The van der Waals surface area contributed by atoms with Gasteiger partial charge < -0.3 is 5.21 Å². The molecular formula is C11H22N2O. The summed E-state index contributed by atoms with van der Waals surface area (Å²) in [6.07, 6.45) is 3.43. The van der Waals surface area contributed by atoms with E-state index >= 15 is 0 Å². The summed E-state index contributed by atoms with van der Waals surface area (Å²) in [5, 5.41) is 12.1. The van der Waals surface area contributed by atoms with E-state index in [1.54, 1.807) is 0 Å². The third kappa shape index (κ3) is 2.71. The normalized spacial score (nSPS) is 29.4. The van der Waals surface area contributed by atoms with Gasteiger partial charge in [0.25, 0.3) is 0 Å². The molecule has 2 atom stereocenters. The maximum atomic E-state index is 8.76. The van der Waals surface area contributed by atoms with Crippen molar-refractivity contribution >= 4 is 5.71 Å². The summed E-state index contributed by atoms with van der Waals surface area (Å²) >= 11 is 0. The Morgan fingerprint density at radius 2 is 2.36 bits per heavy atom. The van der Waals surface area contributed by atoms with Gasteiger partial charge in [0.15, 0.2) is 0 Å². The van der Waals surface area contributed by atoms with Crippen LogP contribution in [0.3, 0.4) is 0 Å². The highest BCUT2D eigenvalue weighted by Crippen LogP contribution is 2.17. The van der Waals surface area contributed by atoms with E-state index in [1.807, 2.05) is 0 Å². The van der Waals surface area contributed by atoms with Crippen molar-refractivity contribution < 1.29 is 5.21 Å². The molecule has 0 aliphatic carbocycles. The highest BCUT2D eigenvalue weighted by molar-refractivity contribution is 5.86. The molecule has 0 aromatic heterocycles. The quantitative estimate of drug-likeness (QED) is 0.558. The molecule has 0 saturated carbocycles. The molecule has 2 unspecified atom stereocenters. The Balaban J connectivity index is 2.45. The molecule has 1 aliphatic heterocycles. The van der Waals surface area contributed by atoms with E-state index in [1.165, 1.54) is 12.8 Å². The Morgan fingerprint density at radius 1 is 1.64 bits per heavy atom. The van der Waals surface area contributed by atoms with Crippen molar-refractivity contribution in [3.05, 3.63) is 0 Å². The molecule has 14 heavy (non-hydrogen) atoms. The molecule has 1 saturated heterocycles. The topological polar surface area (TPSA) is 35.8 Å². The Bertz CT molecular complexity index is 203. The minimum atomic E-state index is 0.410. The van der Waals surface area contributed by atoms with Crippen LogP contribution in [-0.2, 0) is 0 Å². The second kappa shape index (κ2) is 5.35. The zero-order chi connectivity index (χ0) is 10.6. The van der Waals surface area contributed by atoms with Gasteiger partial charge in [0.05, 0.1) is 5.71 Å². The highest BCUT2D eigenvalue weighted by Gasteiger charge is 2.24. The first kappa shape index (κ1) is 11.5. The van der Waals surface area contributed by atoms with Gasteiger partial charge in [-0.2, -0.15) is 0 Å². The summed E-state index contributed by atoms with van der Waals surface area (Å²) in [5.41, 5.74) is 0.963. The van der Waals surface area contributed by atoms with Gasteiger partial charge in [0, 0.05) is 31.5 Å². The fraction of sp³-hybridized carbons (Fsp3) is 0.909. The van der Waals surface area contributed by atoms with E-state index in [-0.39, 0.29) is 0 Å². The van der Waals surface area contributed by atoms with Crippen molar-refractivity contribution in [2.75, 3.05) is 13.1 Å². The van der Waals surface area contributed by atoms with Gasteiger partial charge in [-0.15, -0.1) is 0 Å². The molecule has 82 valence electrons. The lowest BCUT2D eigenvalue weighted by Gasteiger charge is -2.35. The van der Waals surface area contributed by atoms with Crippen LogP contribution in [0, 0.1) is 5.92 Å². The summed E-state index contributed by atoms with van der Waals surface area (Å²) in [6, 6.07) is 0.669. The average Bonchev–Trinajstić information content (AvgIpc) is 2.18. The maximum Gasteiger partial charge on any atom is 0.0624 e. The number of hydrogen-bond acceptors (Lipinski definition) is 3. The highest BCUT2D eigenvalue weighted by atomic mass is 16.4. The van der Waals surface area contributed by atoms with Crippen molar-refractivity contribution in [1.82, 2.24) is 4.90 Å². The molecule has 0 radical (unpaired) electrons. The molecule has 1 aliphatic rings. The average molecular weight is 198 g/mol. The van der Waals surface area contributed by atoms with Gasteiger partial charge in [-0.05, 0) is 13.3 Å². The van der Waals surface area contributed by atoms with Crippen LogP contribution < -0.4 is 0 Å². The number of piperidine rings is 1. The van der Waals surface area contributed by atoms with Crippen molar-refractivity contribution in [1.29, 1.82) is 0 Å². The summed E-state index contributed by atoms with van der Waals surface area (Å²) < 4.78 is 0. The Kier molecular flexibility index (Phi) is 4.39. The summed E-state index contributed by atoms with van der Waals surface area (Å²) in [7, 11) is 0. The lowest BCUT2D eigenvalue weighted by atomic mass is 9.96. The van der Waals surface area contributed by atoms with E-state index in [2.05, 4.69) is 30.8 Å². The fourth-order valence-electron chi connectivity index (χ4n) is 2.20. The molecule has 3 heteroatoms. The molecule has 1 N–H and O–H groups in total. The minimum absolute atomic E-state index is 0.410. The predicted octanol–water partition coefficient (Wildman–Crippen LogP) is 2.35. The van der Waals surface area contributed by atoms with Crippen LogP contribution in [0.4, 0.5) is 0 Å². The smallest absolute Gasteiger partial charge is 0.0624 e. The number of rotatable bonds is 3. The van der Waals surface area contributed by atoms with Gasteiger partial charge in [0.1, 0.15) is 0 Å². The summed E-state index contributed by atoms with van der Waals surface area (Å²) in [6.45, 7) is 8.74. The predicted molar refractivity (Wildman–Crippen MR) is 58.9 cm³/mol. The third-order valence-electron chi connectivity index (χ3n) is 3.19. The van der Waals surface area contributed by atoms with Crippen molar-refractivity contribution in [3.63, 3.8) is 0 Å². The van der Waals surface area contributed by atoms with E-state index in [9.17, 15) is 0 Å². The number of oxime groups is 1. The van der Waals surface area contributed by atoms with Crippen LogP contribution in [0.25, 0.3) is 0 Å². The van der Waals surface area contributed by atoms with Crippen molar-refractivity contribution in [3.8, 4) is 0 Å². The molecule has 0 aromatic rings. The zero-order valence-electron chi connectivity index (χ0n) is 9.53. The van der Waals surface area contributed by atoms with Crippen molar-refractivity contribution in [2.45, 2.75) is 46.1 Å². The zero-order valence-corrected chi connectivity index (χ0v) is 9.53. The van der Waals surface area contributed by atoms with Crippen LogP contribution in [-0.4, -0.2) is 35.0 Å². The van der Waals surface area contributed by atoms with E-state index < -0.39 is 0 Å². The van der Waals surface area contributed by atoms with Crippen LogP contribution in [0.5, 0.6) is 0 Å². The second-order valence-corrected chi connectivity index (χ2v) is 4.38. The molecule has 0 spiro atoms. The monoisotopic (exact) mass is 198 g/mol. The fourth-order valence-corrected chi connectivity index (χ4v) is 2.20. The Hall–Kier alpha value is -0.570. The van der Waals surface area contributed by atoms with Crippen molar-refractivity contribution in [2.24, 2.45) is 11.1 Å². The Labute approximate surface area is 86.8 Å². The van der Waals surface area contributed by atoms with Gasteiger partial charge in [-0.25, -0.2) is 0 Å². The largest absolute Gasteiger partial charge is 0.411 e. The van der Waals surface area contributed by atoms with Gasteiger partial charge in [-0.3, -0.25) is 4.90 Å².